The lowest BCUT2D eigenvalue weighted by atomic mass is 9.44. The van der Waals surface area contributed by atoms with Gasteiger partial charge >= 0.3 is 5.97 Å². The maximum atomic E-state index is 18.0. The van der Waals surface area contributed by atoms with Gasteiger partial charge in [-0.1, -0.05) is 65.5 Å². The van der Waals surface area contributed by atoms with E-state index in [1.165, 1.54) is 32.6 Å². The predicted octanol–water partition coefficient (Wildman–Crippen LogP) is 5.83. The average Bonchev–Trinajstić information content (AvgIpc) is 1.34. The molecule has 492 valence electrons. The molecule has 5 aliphatic carbocycles. The fraction of sp³-hybridized carbons (Fsp3) is 0.894. The number of aliphatic hydroxyl groups is 7. The maximum Gasteiger partial charge on any atom is 0.311 e. The third-order valence-electron chi connectivity index (χ3n) is 23.5. The summed E-state index contributed by atoms with van der Waals surface area (Å²) < 4.78 is 56.8. The number of halogens is 1. The topological polar surface area (TPSA) is 267 Å². The molecule has 1 amide bonds. The van der Waals surface area contributed by atoms with Crippen molar-refractivity contribution >= 4 is 17.7 Å². The number of ether oxygens (including phenoxy) is 6. The Balaban J connectivity index is 1.07. The molecule has 0 radical (unpaired) electrons. The smallest absolute Gasteiger partial charge is 0.311 e. The van der Waals surface area contributed by atoms with E-state index in [0.29, 0.717) is 37.7 Å². The van der Waals surface area contributed by atoms with Gasteiger partial charge in [0, 0.05) is 74.0 Å². The Morgan fingerprint density at radius 3 is 2.20 bits per heavy atom. The van der Waals surface area contributed by atoms with E-state index in [0.717, 1.165) is 25.7 Å². The third-order valence-corrected chi connectivity index (χ3v) is 23.5. The lowest BCUT2D eigenvalue weighted by Crippen LogP contribution is -2.70. The molecule has 19 nitrogen and oxygen atoms in total. The SMILES string of the molecule is CC[C@H]1OC(=O)[C@H](C)[C@@H](OC2C[C@@](C)(OC)[C@@H](O)[C@H](C)O2)[C@H](C)[C@@H](OC2O[C@H](C)C[C@H](N(C)C3CCCCC3)[C@H]2O)[C@](C)(O)C[C@@H](C)CN(CCCNC(=O)[C@@]2(O)[C@H](C)CC3C4CCC5=CC(=O)C=C[C@]5(C)[C@@]4(F)[C@@H](O)C[C@@]32C)[C@H](C)[C@@H](O)[C@]1(C)O. The van der Waals surface area contributed by atoms with Gasteiger partial charge in [-0.15, -0.1) is 0 Å². The third kappa shape index (κ3) is 12.5. The number of fused-ring (bicyclic) bond motifs is 5. The molecule has 3 saturated heterocycles. The van der Waals surface area contributed by atoms with Gasteiger partial charge in [-0.2, -0.15) is 0 Å². The zero-order chi connectivity index (χ0) is 63.6. The number of hydrogen-bond donors (Lipinski definition) is 8. The maximum absolute atomic E-state index is 18.0. The summed E-state index contributed by atoms with van der Waals surface area (Å²) in [4.78, 5) is 46.2. The summed E-state index contributed by atoms with van der Waals surface area (Å²) in [7, 11) is 3.55. The molecule has 4 unspecified atom stereocenters. The van der Waals surface area contributed by atoms with Gasteiger partial charge in [-0.05, 0) is 157 Å². The molecule has 7 fully saturated rings. The Labute approximate surface area is 511 Å². The first-order chi connectivity index (χ1) is 40.1. The van der Waals surface area contributed by atoms with Crippen molar-refractivity contribution in [2.75, 3.05) is 33.8 Å². The monoisotopic (exact) mass is 1220 g/mol. The van der Waals surface area contributed by atoms with Gasteiger partial charge in [0.2, 0.25) is 0 Å². The summed E-state index contributed by atoms with van der Waals surface area (Å²) in [5, 5.41) is 89.5. The molecule has 8 rings (SSSR count). The van der Waals surface area contributed by atoms with Crippen molar-refractivity contribution in [3.63, 3.8) is 0 Å². The Hall–Kier alpha value is -2.54. The number of methoxy groups -OCH3 is 1. The number of nitrogens with one attached hydrogen (secondary N) is 1. The lowest BCUT2D eigenvalue weighted by molar-refractivity contribution is -0.318. The van der Waals surface area contributed by atoms with Crippen LogP contribution in [0, 0.1) is 46.3 Å². The van der Waals surface area contributed by atoms with E-state index >= 15 is 4.39 Å². The quantitative estimate of drug-likeness (QED) is 0.0797. The molecule has 20 heteroatoms. The number of rotatable bonds is 13. The van der Waals surface area contributed by atoms with Crippen molar-refractivity contribution in [1.82, 2.24) is 15.1 Å². The standard InChI is InChI=1S/C66H110FN3O16/c1-16-50-64(13,79)54(74)41(7)70(28-20-27-68-59(77)66(80)37(3)29-47-46-24-23-43-31-45(71)25-26-60(43,9)65(46,67)49(72)33-61(47,66)10)35-36(2)32-62(11,78)56(86-58-52(73)48(30-38(4)82-58)69(14)44-21-18-17-19-22-44)39(5)53(40(6)57(76)84-50)85-51-34-63(12,81-15)55(75)42(8)83-51/h25-26,31,36-42,44,46-56,58,72-75,78-80H,16-24,27-30,32-35H2,1-15H3,(H,68,77)/t36-,37-,38-,39+,40-,41-,42+,46?,47?,48+,49+,50-,51?,52-,53+,54-,55+,56-,58?,60+,61+,62-,63-,64-,65+,66+/m1/s1. The van der Waals surface area contributed by atoms with Gasteiger partial charge in [0.25, 0.3) is 5.91 Å². The molecule has 0 bridgehead atoms. The molecule has 0 aromatic carbocycles. The van der Waals surface area contributed by atoms with Crippen LogP contribution in [-0.2, 0) is 42.8 Å². The van der Waals surface area contributed by atoms with Crippen molar-refractivity contribution in [2.24, 2.45) is 46.3 Å². The molecule has 0 spiro atoms. The molecule has 86 heavy (non-hydrogen) atoms. The highest BCUT2D eigenvalue weighted by atomic mass is 19.1. The predicted molar refractivity (Wildman–Crippen MR) is 320 cm³/mol. The van der Waals surface area contributed by atoms with Gasteiger partial charge in [0.1, 0.15) is 30.0 Å². The fourth-order valence-corrected chi connectivity index (χ4v) is 18.2. The highest BCUT2D eigenvalue weighted by molar-refractivity contribution is 6.01. The summed E-state index contributed by atoms with van der Waals surface area (Å²) in [5.74, 6) is -5.70. The summed E-state index contributed by atoms with van der Waals surface area (Å²) in [5.41, 5.74) is -10.7. The number of nitrogens with zero attached hydrogens (tertiary/aromatic N) is 2. The van der Waals surface area contributed by atoms with Crippen molar-refractivity contribution in [3.8, 4) is 0 Å². The first-order valence-corrected chi connectivity index (χ1v) is 32.7. The minimum Gasteiger partial charge on any atom is -0.459 e. The van der Waals surface area contributed by atoms with Crippen LogP contribution in [0.15, 0.2) is 23.8 Å². The second-order valence-electron chi connectivity index (χ2n) is 29.5. The second-order valence-corrected chi connectivity index (χ2v) is 29.5. The molecule has 8 N–H and O–H groups in total. The average molecular weight is 1220 g/mol. The van der Waals surface area contributed by atoms with Gasteiger partial charge in [-0.3, -0.25) is 24.2 Å². The van der Waals surface area contributed by atoms with Gasteiger partial charge in [0.15, 0.2) is 29.6 Å². The molecular weight excluding hydrogens is 1110 g/mol. The zero-order valence-corrected chi connectivity index (χ0v) is 54.4. The normalized spacial score (nSPS) is 49.4. The van der Waals surface area contributed by atoms with Gasteiger partial charge < -0.3 is 69.5 Å². The number of ketones is 1. The van der Waals surface area contributed by atoms with E-state index in [4.69, 9.17) is 28.4 Å². The van der Waals surface area contributed by atoms with Crippen molar-refractivity contribution in [2.45, 2.75) is 294 Å². The fourth-order valence-electron chi connectivity index (χ4n) is 18.2. The number of carbonyl (C=O) groups excluding carboxylic acids is 3. The number of cyclic esters (lactones) is 1. The van der Waals surface area contributed by atoms with E-state index in [9.17, 15) is 50.1 Å². The van der Waals surface area contributed by atoms with E-state index in [1.54, 1.807) is 68.4 Å². The zero-order valence-electron chi connectivity index (χ0n) is 54.4. The Morgan fingerprint density at radius 1 is 0.872 bits per heavy atom. The van der Waals surface area contributed by atoms with Crippen LogP contribution in [-0.4, -0.2) is 211 Å². The molecule has 0 aromatic rings. The van der Waals surface area contributed by atoms with Crippen molar-refractivity contribution < 1.29 is 82.9 Å². The van der Waals surface area contributed by atoms with E-state index in [1.807, 2.05) is 32.7 Å². The number of amides is 1. The molecule has 3 aliphatic heterocycles. The highest BCUT2D eigenvalue weighted by Gasteiger charge is 2.76. The Bertz CT molecular complexity index is 2440. The van der Waals surface area contributed by atoms with E-state index in [-0.39, 0.29) is 75.2 Å². The van der Waals surface area contributed by atoms with Crippen LogP contribution in [0.25, 0.3) is 0 Å². The number of hydrogen-bond acceptors (Lipinski definition) is 18. The summed E-state index contributed by atoms with van der Waals surface area (Å²) in [6, 6.07) is -0.865. The summed E-state index contributed by atoms with van der Waals surface area (Å²) in [6.07, 6.45) is -0.110. The van der Waals surface area contributed by atoms with Crippen LogP contribution in [0.1, 0.15) is 180 Å². The molecular formula is C66H110FN3O16. The largest absolute Gasteiger partial charge is 0.459 e. The Morgan fingerprint density at radius 2 is 1.55 bits per heavy atom. The summed E-state index contributed by atoms with van der Waals surface area (Å²) >= 11 is 0. The number of alkyl halides is 1. The molecule has 26 atom stereocenters. The van der Waals surface area contributed by atoms with Crippen molar-refractivity contribution in [1.29, 1.82) is 0 Å². The van der Waals surface area contributed by atoms with Crippen molar-refractivity contribution in [3.05, 3.63) is 23.8 Å². The van der Waals surface area contributed by atoms with Crippen LogP contribution >= 0.6 is 0 Å². The second kappa shape index (κ2) is 26.2. The van der Waals surface area contributed by atoms with Gasteiger partial charge in [-0.25, -0.2) is 4.39 Å². The first kappa shape index (κ1) is 69.4. The Kier molecular flexibility index (Phi) is 21.1. The molecule has 3 heterocycles. The van der Waals surface area contributed by atoms with Crippen LogP contribution in [0.4, 0.5) is 4.39 Å². The minimum atomic E-state index is -2.13. The lowest BCUT2D eigenvalue weighted by Gasteiger charge is -2.62. The van der Waals surface area contributed by atoms with Crippen LogP contribution in [0.5, 0.6) is 0 Å². The first-order valence-electron chi connectivity index (χ1n) is 32.7. The molecule has 8 aliphatic rings. The molecule has 0 aromatic heterocycles. The van der Waals surface area contributed by atoms with Gasteiger partial charge in [0.05, 0.1) is 47.6 Å². The number of carbonyl (C=O) groups is 3. The van der Waals surface area contributed by atoms with Crippen LogP contribution in [0.2, 0.25) is 0 Å². The van der Waals surface area contributed by atoms with E-state index in [2.05, 4.69) is 10.2 Å². The van der Waals surface area contributed by atoms with E-state index < -0.39 is 148 Å². The van der Waals surface area contributed by atoms with Crippen LogP contribution < -0.4 is 5.32 Å². The summed E-state index contributed by atoms with van der Waals surface area (Å²) in [6.45, 7) is 23.3. The minimum absolute atomic E-state index is 0.0689. The number of esters is 1. The highest BCUT2D eigenvalue weighted by Crippen LogP contribution is 2.70. The molecule has 4 saturated carbocycles. The van der Waals surface area contributed by atoms with Crippen LogP contribution in [0.3, 0.4) is 0 Å². The number of likely N-dealkylation sites (N-methyl/N-ethyl adjacent to an activating group) is 1. The number of allylic oxidation sites excluding steroid dienone is 4. The number of aliphatic hydroxyl groups excluding tert-OH is 4.